The van der Waals surface area contributed by atoms with Crippen molar-refractivity contribution in [1.29, 1.82) is 0 Å². The fourth-order valence-electron chi connectivity index (χ4n) is 2.16. The molecule has 1 aliphatic rings. The first kappa shape index (κ1) is 13.6. The van der Waals surface area contributed by atoms with Crippen LogP contribution in [0.15, 0.2) is 24.3 Å². The summed E-state index contributed by atoms with van der Waals surface area (Å²) in [4.78, 5) is 14.2. The molecule has 1 aromatic carbocycles. The van der Waals surface area contributed by atoms with Crippen molar-refractivity contribution in [3.63, 3.8) is 0 Å². The van der Waals surface area contributed by atoms with Crippen LogP contribution in [0.5, 0.6) is 0 Å². The van der Waals surface area contributed by atoms with Gasteiger partial charge >= 0.3 is 0 Å². The monoisotopic (exact) mass is 311 g/mol. The van der Waals surface area contributed by atoms with Crippen LogP contribution in [0.3, 0.4) is 0 Å². The molecular weight excluding hydrogens is 294 g/mol. The number of hydrogen-bond donors (Lipinski definition) is 1. The van der Waals surface area contributed by atoms with Crippen LogP contribution in [0, 0.1) is 0 Å². The molecular formula is C14H18BrNO2. The lowest BCUT2D eigenvalue weighted by atomic mass is 9.91. The molecule has 18 heavy (non-hydrogen) atoms. The zero-order chi connectivity index (χ0) is 13.0. The number of aliphatic hydroxyl groups excluding tert-OH is 1. The van der Waals surface area contributed by atoms with E-state index in [0.29, 0.717) is 18.2 Å². The van der Waals surface area contributed by atoms with Gasteiger partial charge in [0.2, 0.25) is 0 Å². The van der Waals surface area contributed by atoms with Gasteiger partial charge in [-0.25, -0.2) is 0 Å². The van der Waals surface area contributed by atoms with Gasteiger partial charge in [0.25, 0.3) is 5.91 Å². The summed E-state index contributed by atoms with van der Waals surface area (Å²) in [6.45, 7) is 0.464. The molecule has 1 N–H and O–H groups in total. The topological polar surface area (TPSA) is 40.5 Å². The van der Waals surface area contributed by atoms with Crippen LogP contribution in [0.2, 0.25) is 0 Å². The van der Waals surface area contributed by atoms with Crippen LogP contribution in [0.25, 0.3) is 0 Å². The van der Waals surface area contributed by atoms with Gasteiger partial charge in [0, 0.05) is 23.5 Å². The fourth-order valence-corrected chi connectivity index (χ4v) is 2.53. The maximum Gasteiger partial charge on any atom is 0.254 e. The van der Waals surface area contributed by atoms with E-state index < -0.39 is 0 Å². The quantitative estimate of drug-likeness (QED) is 0.849. The molecule has 0 spiro atoms. The number of halogens is 1. The van der Waals surface area contributed by atoms with Gasteiger partial charge in [-0.3, -0.25) is 4.79 Å². The molecule has 3 nitrogen and oxygen atoms in total. The van der Waals surface area contributed by atoms with E-state index in [-0.39, 0.29) is 12.5 Å². The second-order valence-corrected chi connectivity index (χ2v) is 5.20. The summed E-state index contributed by atoms with van der Waals surface area (Å²) in [6, 6.07) is 7.96. The number of benzene rings is 1. The largest absolute Gasteiger partial charge is 0.395 e. The summed E-state index contributed by atoms with van der Waals surface area (Å²) in [7, 11) is 0. The smallest absolute Gasteiger partial charge is 0.254 e. The van der Waals surface area contributed by atoms with Gasteiger partial charge in [-0.15, -0.1) is 0 Å². The first-order valence-electron chi connectivity index (χ1n) is 6.33. The highest BCUT2D eigenvalue weighted by Gasteiger charge is 2.28. The van der Waals surface area contributed by atoms with E-state index in [1.54, 1.807) is 0 Å². The molecule has 4 heteroatoms. The van der Waals surface area contributed by atoms with Crippen LogP contribution in [0.4, 0.5) is 0 Å². The van der Waals surface area contributed by atoms with Gasteiger partial charge in [0.1, 0.15) is 0 Å². The number of carbonyl (C=O) groups excluding carboxylic acids is 1. The zero-order valence-corrected chi connectivity index (χ0v) is 11.9. The maximum atomic E-state index is 12.4. The Morgan fingerprint density at radius 1 is 1.33 bits per heavy atom. The first-order chi connectivity index (χ1) is 8.76. The fraction of sp³-hybridized carbons (Fsp3) is 0.500. The number of aliphatic hydroxyl groups is 1. The highest BCUT2D eigenvalue weighted by molar-refractivity contribution is 9.08. The second-order valence-electron chi connectivity index (χ2n) is 4.64. The minimum atomic E-state index is 0.0295. The molecule has 1 aromatic rings. The lowest BCUT2D eigenvalue weighted by molar-refractivity contribution is 0.0526. The molecule has 0 saturated heterocycles. The van der Waals surface area contributed by atoms with Gasteiger partial charge in [-0.05, 0) is 37.0 Å². The Bertz CT molecular complexity index is 401. The van der Waals surface area contributed by atoms with E-state index in [9.17, 15) is 4.79 Å². The van der Waals surface area contributed by atoms with Gasteiger partial charge in [-0.2, -0.15) is 0 Å². The number of hydrogen-bond acceptors (Lipinski definition) is 2. The minimum absolute atomic E-state index is 0.0295. The summed E-state index contributed by atoms with van der Waals surface area (Å²) in [6.07, 6.45) is 3.30. The average molecular weight is 312 g/mol. The van der Waals surface area contributed by atoms with Crippen LogP contribution in [-0.2, 0) is 5.33 Å². The third-order valence-electron chi connectivity index (χ3n) is 3.47. The van der Waals surface area contributed by atoms with Gasteiger partial charge in [-0.1, -0.05) is 28.1 Å². The van der Waals surface area contributed by atoms with Crippen LogP contribution < -0.4 is 0 Å². The molecule has 1 aliphatic carbocycles. The first-order valence-corrected chi connectivity index (χ1v) is 7.45. The Labute approximate surface area is 116 Å². The molecule has 0 bridgehead atoms. The van der Waals surface area contributed by atoms with Crippen molar-refractivity contribution < 1.29 is 9.90 Å². The number of carbonyl (C=O) groups is 1. The molecule has 1 amide bonds. The molecule has 1 saturated carbocycles. The van der Waals surface area contributed by atoms with Crippen molar-refractivity contribution in [3.05, 3.63) is 35.4 Å². The third kappa shape index (κ3) is 2.93. The van der Waals surface area contributed by atoms with Crippen LogP contribution in [0.1, 0.15) is 35.2 Å². The molecule has 0 heterocycles. The second kappa shape index (κ2) is 6.34. The van der Waals surface area contributed by atoms with Crippen molar-refractivity contribution in [2.24, 2.45) is 0 Å². The van der Waals surface area contributed by atoms with E-state index >= 15 is 0 Å². The molecule has 0 atom stereocenters. The third-order valence-corrected chi connectivity index (χ3v) is 4.12. The normalized spacial score (nSPS) is 15.2. The van der Waals surface area contributed by atoms with Crippen molar-refractivity contribution in [3.8, 4) is 0 Å². The number of rotatable bonds is 5. The van der Waals surface area contributed by atoms with Crippen molar-refractivity contribution in [2.75, 3.05) is 13.2 Å². The Balaban J connectivity index is 2.10. The predicted molar refractivity (Wildman–Crippen MR) is 74.8 cm³/mol. The van der Waals surface area contributed by atoms with E-state index in [4.69, 9.17) is 5.11 Å². The Morgan fingerprint density at radius 3 is 2.44 bits per heavy atom. The highest BCUT2D eigenvalue weighted by Crippen LogP contribution is 2.26. The molecule has 0 aliphatic heterocycles. The SMILES string of the molecule is O=C(c1ccc(CBr)cc1)N(CCO)C1CCC1. The lowest BCUT2D eigenvalue weighted by Gasteiger charge is -2.37. The highest BCUT2D eigenvalue weighted by atomic mass is 79.9. The van der Waals surface area contributed by atoms with Crippen LogP contribution >= 0.6 is 15.9 Å². The summed E-state index contributed by atoms with van der Waals surface area (Å²) in [5.41, 5.74) is 1.86. The maximum absolute atomic E-state index is 12.4. The Morgan fingerprint density at radius 2 is 2.00 bits per heavy atom. The molecule has 1 fully saturated rings. The van der Waals surface area contributed by atoms with Crippen LogP contribution in [-0.4, -0.2) is 35.1 Å². The van der Waals surface area contributed by atoms with E-state index in [1.807, 2.05) is 29.2 Å². The molecule has 0 unspecified atom stereocenters. The summed E-state index contributed by atoms with van der Waals surface area (Å²) in [5, 5.41) is 9.88. The van der Waals surface area contributed by atoms with Crippen molar-refractivity contribution in [2.45, 2.75) is 30.6 Å². The zero-order valence-electron chi connectivity index (χ0n) is 10.3. The van der Waals surface area contributed by atoms with Gasteiger partial charge in [0.15, 0.2) is 0 Å². The molecule has 0 aromatic heterocycles. The average Bonchev–Trinajstić information content (AvgIpc) is 2.35. The van der Waals surface area contributed by atoms with Crippen molar-refractivity contribution in [1.82, 2.24) is 4.90 Å². The number of amides is 1. The number of alkyl halides is 1. The predicted octanol–water partition coefficient (Wildman–Crippen LogP) is 2.57. The van der Waals surface area contributed by atoms with Gasteiger partial charge < -0.3 is 10.0 Å². The van der Waals surface area contributed by atoms with Gasteiger partial charge in [0.05, 0.1) is 6.61 Å². The Hall–Kier alpha value is -0.870. The summed E-state index contributed by atoms with van der Waals surface area (Å²) < 4.78 is 0. The van der Waals surface area contributed by atoms with E-state index in [0.717, 1.165) is 23.7 Å². The molecule has 2 rings (SSSR count). The molecule has 98 valence electrons. The summed E-state index contributed by atoms with van der Waals surface area (Å²) in [5.74, 6) is 0.0369. The van der Waals surface area contributed by atoms with E-state index in [2.05, 4.69) is 15.9 Å². The standard InChI is InChI=1S/C14H18BrNO2/c15-10-11-4-6-12(7-5-11)14(18)16(8-9-17)13-2-1-3-13/h4-7,13,17H,1-3,8-10H2. The van der Waals surface area contributed by atoms with Crippen molar-refractivity contribution >= 4 is 21.8 Å². The summed E-state index contributed by atoms with van der Waals surface area (Å²) >= 11 is 3.39. The number of nitrogens with zero attached hydrogens (tertiary/aromatic N) is 1. The molecule has 0 radical (unpaired) electrons. The lowest BCUT2D eigenvalue weighted by Crippen LogP contribution is -2.45. The Kier molecular flexibility index (Phi) is 4.78. The van der Waals surface area contributed by atoms with E-state index in [1.165, 1.54) is 6.42 Å². The minimum Gasteiger partial charge on any atom is -0.395 e.